The van der Waals surface area contributed by atoms with Crippen molar-refractivity contribution in [2.75, 3.05) is 5.88 Å². The van der Waals surface area contributed by atoms with Crippen molar-refractivity contribution in [1.29, 1.82) is 0 Å². The zero-order chi connectivity index (χ0) is 29.9. The Hall–Kier alpha value is -3.76. The van der Waals surface area contributed by atoms with Crippen LogP contribution in [0.1, 0.15) is 50.2 Å². The number of aromatic nitrogens is 1. The molecule has 0 atom stereocenters. The number of halogens is 1. The first-order valence-corrected chi connectivity index (χ1v) is 15.5. The first-order valence-electron chi connectivity index (χ1n) is 13.0. The van der Waals surface area contributed by atoms with Gasteiger partial charge >= 0.3 is 6.09 Å². The topological polar surface area (TPSA) is 112 Å². The average Bonchev–Trinajstić information content (AvgIpc) is 2.92. The molecule has 4 rings (SSSR count). The molecule has 1 aromatic heterocycles. The number of amides is 1. The molecule has 0 radical (unpaired) electrons. The molecule has 1 amide bonds. The highest BCUT2D eigenvalue weighted by Crippen LogP contribution is 2.33. The molecule has 214 valence electrons. The number of hydrogen-bond donors (Lipinski definition) is 1. The molecule has 0 spiro atoms. The maximum atomic E-state index is 13.8. The number of rotatable bonds is 8. The summed E-state index contributed by atoms with van der Waals surface area (Å²) in [6.07, 6.45) is -0.636. The van der Waals surface area contributed by atoms with E-state index in [0.29, 0.717) is 27.6 Å². The number of nitrogens with one attached hydrogen (secondary N) is 1. The standard InChI is InChI=1S/C31H31BrN2O6S/c1-5-26(35)28-27(21-9-7-6-8-10-21)25-17-22(32)13-16-24(25)29(36)34(28)18-20-11-14-23(15-12-20)41(38,39)19-33-30(37)40-31(2,3)4/h6-17H,5,18-19H2,1-4H3,(H,33,37). The van der Waals surface area contributed by atoms with Gasteiger partial charge in [0.15, 0.2) is 15.6 Å². The second-order valence-electron chi connectivity index (χ2n) is 10.5. The molecule has 3 aromatic carbocycles. The van der Waals surface area contributed by atoms with Gasteiger partial charge in [-0.2, -0.15) is 0 Å². The number of nitrogens with zero attached hydrogens (tertiary/aromatic N) is 1. The van der Waals surface area contributed by atoms with Crippen LogP contribution in [-0.2, 0) is 21.1 Å². The average molecular weight is 640 g/mol. The van der Waals surface area contributed by atoms with E-state index in [4.69, 9.17) is 4.74 Å². The van der Waals surface area contributed by atoms with E-state index in [1.54, 1.807) is 52.0 Å². The first kappa shape index (κ1) is 30.2. The lowest BCUT2D eigenvalue weighted by Crippen LogP contribution is -2.35. The second kappa shape index (κ2) is 12.0. The van der Waals surface area contributed by atoms with Crippen LogP contribution in [0.3, 0.4) is 0 Å². The van der Waals surface area contributed by atoms with Crippen LogP contribution in [0.5, 0.6) is 0 Å². The van der Waals surface area contributed by atoms with Crippen molar-refractivity contribution >= 4 is 48.4 Å². The smallest absolute Gasteiger partial charge is 0.408 e. The lowest BCUT2D eigenvalue weighted by atomic mass is 9.94. The molecule has 0 fully saturated rings. The van der Waals surface area contributed by atoms with Gasteiger partial charge in [0.2, 0.25) is 0 Å². The molecule has 10 heteroatoms. The molecule has 0 saturated heterocycles. The Morgan fingerprint density at radius 3 is 2.22 bits per heavy atom. The van der Waals surface area contributed by atoms with Crippen LogP contribution in [0.25, 0.3) is 21.9 Å². The Balaban J connectivity index is 1.75. The molecule has 0 saturated carbocycles. The fourth-order valence-electron chi connectivity index (χ4n) is 4.46. The van der Waals surface area contributed by atoms with Crippen molar-refractivity contribution in [1.82, 2.24) is 9.88 Å². The number of ether oxygens (including phenoxy) is 1. The third kappa shape index (κ3) is 6.94. The highest BCUT2D eigenvalue weighted by molar-refractivity contribution is 9.10. The van der Waals surface area contributed by atoms with E-state index < -0.39 is 27.4 Å². The third-order valence-corrected chi connectivity index (χ3v) is 8.32. The summed E-state index contributed by atoms with van der Waals surface area (Å²) in [7, 11) is -3.85. The van der Waals surface area contributed by atoms with Gasteiger partial charge in [-0.3, -0.25) is 14.2 Å². The molecule has 4 aromatic rings. The Morgan fingerprint density at radius 1 is 0.951 bits per heavy atom. The monoisotopic (exact) mass is 638 g/mol. The fourth-order valence-corrected chi connectivity index (χ4v) is 5.85. The molecule has 1 N–H and O–H groups in total. The number of pyridine rings is 1. The first-order chi connectivity index (χ1) is 19.3. The van der Waals surface area contributed by atoms with Crippen LogP contribution >= 0.6 is 15.9 Å². The van der Waals surface area contributed by atoms with Crippen molar-refractivity contribution in [2.24, 2.45) is 0 Å². The molecule has 0 aliphatic carbocycles. The van der Waals surface area contributed by atoms with Crippen LogP contribution in [0.15, 0.2) is 87.0 Å². The maximum Gasteiger partial charge on any atom is 0.408 e. The van der Waals surface area contributed by atoms with Crippen LogP contribution in [0, 0.1) is 0 Å². The number of benzene rings is 3. The lowest BCUT2D eigenvalue weighted by Gasteiger charge is -2.20. The summed E-state index contributed by atoms with van der Waals surface area (Å²) in [6, 6.07) is 20.9. The lowest BCUT2D eigenvalue weighted by molar-refractivity contribution is 0.0536. The minimum absolute atomic E-state index is 0.00264. The van der Waals surface area contributed by atoms with Gasteiger partial charge in [-0.05, 0) is 67.6 Å². The zero-order valence-electron chi connectivity index (χ0n) is 23.2. The van der Waals surface area contributed by atoms with Gasteiger partial charge in [0.1, 0.15) is 11.5 Å². The van der Waals surface area contributed by atoms with E-state index in [1.807, 2.05) is 36.4 Å². The molecule has 0 bridgehead atoms. The number of alkyl carbamates (subject to hydrolysis) is 1. The summed E-state index contributed by atoms with van der Waals surface area (Å²) in [5.41, 5.74) is 1.33. The van der Waals surface area contributed by atoms with Crippen LogP contribution < -0.4 is 10.9 Å². The molecule has 0 aliphatic rings. The third-order valence-electron chi connectivity index (χ3n) is 6.31. The van der Waals surface area contributed by atoms with Crippen molar-refractivity contribution in [3.63, 3.8) is 0 Å². The summed E-state index contributed by atoms with van der Waals surface area (Å²) < 4.78 is 33.0. The Kier molecular flexibility index (Phi) is 8.84. The number of Topliss-reactive ketones (excluding diaryl/α,β-unsaturated/α-hetero) is 1. The van der Waals surface area contributed by atoms with Gasteiger partial charge in [0.25, 0.3) is 5.56 Å². The zero-order valence-corrected chi connectivity index (χ0v) is 25.6. The van der Waals surface area contributed by atoms with Gasteiger partial charge in [0.05, 0.1) is 17.1 Å². The highest BCUT2D eigenvalue weighted by atomic mass is 79.9. The predicted molar refractivity (Wildman–Crippen MR) is 163 cm³/mol. The van der Waals surface area contributed by atoms with E-state index >= 15 is 0 Å². The largest absolute Gasteiger partial charge is 0.444 e. The SMILES string of the molecule is CCC(=O)c1c(-c2ccccc2)c2cc(Br)ccc2c(=O)n1Cc1ccc(S(=O)(=O)CNC(=O)OC(C)(C)C)cc1. The number of ketones is 1. The number of carbonyl (C=O) groups excluding carboxylic acids is 2. The molecule has 0 aliphatic heterocycles. The summed E-state index contributed by atoms with van der Waals surface area (Å²) >= 11 is 3.50. The Morgan fingerprint density at radius 2 is 1.61 bits per heavy atom. The molecular weight excluding hydrogens is 608 g/mol. The Bertz CT molecular complexity index is 1770. The molecule has 8 nitrogen and oxygen atoms in total. The van der Waals surface area contributed by atoms with Gasteiger partial charge < -0.3 is 10.1 Å². The van der Waals surface area contributed by atoms with Crippen LogP contribution in [0.2, 0.25) is 0 Å². The second-order valence-corrected chi connectivity index (χ2v) is 13.4. The van der Waals surface area contributed by atoms with Gasteiger partial charge in [0, 0.05) is 21.8 Å². The summed E-state index contributed by atoms with van der Waals surface area (Å²) in [6.45, 7) is 6.86. The van der Waals surface area contributed by atoms with E-state index in [9.17, 15) is 22.8 Å². The van der Waals surface area contributed by atoms with Gasteiger partial charge in [-0.25, -0.2) is 13.2 Å². The van der Waals surface area contributed by atoms with Crippen molar-refractivity contribution < 1.29 is 22.7 Å². The predicted octanol–water partition coefficient (Wildman–Crippen LogP) is 6.33. The number of hydrogen-bond acceptors (Lipinski definition) is 6. The van der Waals surface area contributed by atoms with Crippen LogP contribution in [0.4, 0.5) is 4.79 Å². The fraction of sp³-hybridized carbons (Fsp3) is 0.258. The van der Waals surface area contributed by atoms with E-state index in [2.05, 4.69) is 21.2 Å². The quantitative estimate of drug-likeness (QED) is 0.226. The number of carbonyl (C=O) groups is 2. The van der Waals surface area contributed by atoms with Crippen molar-refractivity contribution in [3.05, 3.63) is 98.9 Å². The van der Waals surface area contributed by atoms with Gasteiger partial charge in [-0.15, -0.1) is 0 Å². The van der Waals surface area contributed by atoms with E-state index in [1.165, 1.54) is 16.7 Å². The Labute approximate surface area is 247 Å². The highest BCUT2D eigenvalue weighted by Gasteiger charge is 2.24. The van der Waals surface area contributed by atoms with Gasteiger partial charge in [-0.1, -0.05) is 65.3 Å². The summed E-state index contributed by atoms with van der Waals surface area (Å²) in [4.78, 5) is 39.1. The molecular formula is C31H31BrN2O6S. The molecule has 1 heterocycles. The normalized spacial score (nSPS) is 11.8. The molecule has 0 unspecified atom stereocenters. The number of fused-ring (bicyclic) bond motifs is 1. The summed E-state index contributed by atoms with van der Waals surface area (Å²) in [5, 5.41) is 3.41. The van der Waals surface area contributed by atoms with Crippen molar-refractivity contribution in [2.45, 2.75) is 51.2 Å². The van der Waals surface area contributed by atoms with Crippen molar-refractivity contribution in [3.8, 4) is 11.1 Å². The van der Waals surface area contributed by atoms with E-state index in [0.717, 1.165) is 10.0 Å². The number of sulfone groups is 1. The summed E-state index contributed by atoms with van der Waals surface area (Å²) in [5.74, 6) is -0.813. The minimum Gasteiger partial charge on any atom is -0.444 e. The van der Waals surface area contributed by atoms with E-state index in [-0.39, 0.29) is 29.2 Å². The molecule has 41 heavy (non-hydrogen) atoms. The van der Waals surface area contributed by atoms with Crippen LogP contribution in [-0.4, -0.2) is 36.3 Å². The minimum atomic E-state index is -3.85. The maximum absolute atomic E-state index is 13.8.